The highest BCUT2D eigenvalue weighted by Gasteiger charge is 2.35. The fourth-order valence-electron chi connectivity index (χ4n) is 4.00. The molecule has 5 rings (SSSR count). The zero-order valence-corrected chi connectivity index (χ0v) is 16.6. The van der Waals surface area contributed by atoms with Crippen molar-refractivity contribution in [3.63, 3.8) is 0 Å². The van der Waals surface area contributed by atoms with Gasteiger partial charge in [-0.05, 0) is 81.2 Å². The Balaban J connectivity index is 1.57. The average Bonchev–Trinajstić information content (AvgIpc) is 3.12. The van der Waals surface area contributed by atoms with E-state index in [9.17, 15) is 9.59 Å². The number of hydrogen-bond donors (Lipinski definition) is 0. The predicted molar refractivity (Wildman–Crippen MR) is 110 cm³/mol. The first kappa shape index (κ1) is 17.1. The normalized spacial score (nSPS) is 15.1. The average molecular weight is 435 g/mol. The first-order valence-electron chi connectivity index (χ1n) is 8.92. The molecule has 1 aliphatic heterocycles. The van der Waals surface area contributed by atoms with Crippen molar-refractivity contribution in [2.24, 2.45) is 5.10 Å². The molecule has 0 spiro atoms. The molecule has 6 heteroatoms. The molecule has 0 aromatic heterocycles. The Kier molecular flexibility index (Phi) is 3.84. The Morgan fingerprint density at radius 2 is 1.61 bits per heavy atom. The summed E-state index contributed by atoms with van der Waals surface area (Å²) in [7, 11) is 1.59. The number of methoxy groups -OCH3 is 1. The highest BCUT2D eigenvalue weighted by molar-refractivity contribution is 9.10. The molecule has 0 unspecified atom stereocenters. The van der Waals surface area contributed by atoms with Crippen LogP contribution in [-0.4, -0.2) is 30.1 Å². The minimum Gasteiger partial charge on any atom is -0.496 e. The summed E-state index contributed by atoms with van der Waals surface area (Å²) in [6.07, 6.45) is 3.40. The lowest BCUT2D eigenvalue weighted by atomic mass is 9.92. The van der Waals surface area contributed by atoms with Gasteiger partial charge in [0.05, 0.1) is 28.9 Å². The highest BCUT2D eigenvalue weighted by atomic mass is 79.9. The third-order valence-electron chi connectivity index (χ3n) is 5.34. The van der Waals surface area contributed by atoms with E-state index in [2.05, 4.69) is 21.0 Å². The quantitative estimate of drug-likeness (QED) is 0.454. The number of carbonyl (C=O) groups is 2. The third kappa shape index (κ3) is 2.41. The van der Waals surface area contributed by atoms with Crippen LogP contribution in [0.5, 0.6) is 5.75 Å². The van der Waals surface area contributed by atoms with E-state index < -0.39 is 11.8 Å². The van der Waals surface area contributed by atoms with E-state index in [1.54, 1.807) is 13.2 Å². The van der Waals surface area contributed by atoms with Gasteiger partial charge in [0.1, 0.15) is 5.75 Å². The van der Waals surface area contributed by atoms with Crippen LogP contribution in [0.4, 0.5) is 0 Å². The lowest BCUT2D eigenvalue weighted by Crippen LogP contribution is -2.36. The summed E-state index contributed by atoms with van der Waals surface area (Å²) in [5.41, 5.74) is 4.22. The van der Waals surface area contributed by atoms with Crippen LogP contribution in [-0.2, 0) is 12.8 Å². The second-order valence-electron chi connectivity index (χ2n) is 6.86. The fourth-order valence-corrected chi connectivity index (χ4v) is 4.56. The van der Waals surface area contributed by atoms with Crippen LogP contribution < -0.4 is 4.74 Å². The molecule has 28 heavy (non-hydrogen) atoms. The van der Waals surface area contributed by atoms with Gasteiger partial charge in [-0.15, -0.1) is 0 Å². The summed E-state index contributed by atoms with van der Waals surface area (Å²) in [4.78, 5) is 26.0. The smallest absolute Gasteiger partial charge is 0.282 e. The van der Waals surface area contributed by atoms with Gasteiger partial charge < -0.3 is 4.74 Å². The summed E-state index contributed by atoms with van der Waals surface area (Å²) in [5.74, 6) is -0.0890. The summed E-state index contributed by atoms with van der Waals surface area (Å²) < 4.78 is 5.98. The minimum absolute atomic E-state index is 0.392. The Morgan fingerprint density at radius 1 is 0.964 bits per heavy atom. The molecular formula is C22H15BrN2O3. The largest absolute Gasteiger partial charge is 0.496 e. The van der Waals surface area contributed by atoms with Crippen LogP contribution in [0.2, 0.25) is 0 Å². The van der Waals surface area contributed by atoms with Crippen molar-refractivity contribution >= 4 is 44.7 Å². The van der Waals surface area contributed by atoms with Crippen LogP contribution in [0.1, 0.15) is 37.4 Å². The Hall–Kier alpha value is -2.99. The number of hydrogen-bond acceptors (Lipinski definition) is 4. The van der Waals surface area contributed by atoms with Gasteiger partial charge in [-0.3, -0.25) is 9.59 Å². The molecule has 3 aromatic carbocycles. The summed E-state index contributed by atoms with van der Waals surface area (Å²) >= 11 is 3.42. The van der Waals surface area contributed by atoms with Gasteiger partial charge >= 0.3 is 0 Å². The number of ether oxygens (including phenoxy) is 1. The highest BCUT2D eigenvalue weighted by Crippen LogP contribution is 2.38. The summed E-state index contributed by atoms with van der Waals surface area (Å²) in [5, 5.41) is 7.00. The van der Waals surface area contributed by atoms with Crippen molar-refractivity contribution in [3.8, 4) is 5.75 Å². The number of hydrazone groups is 1. The molecule has 138 valence electrons. The van der Waals surface area contributed by atoms with E-state index in [0.29, 0.717) is 16.9 Å². The molecule has 5 nitrogen and oxygen atoms in total. The van der Waals surface area contributed by atoms with E-state index in [0.717, 1.165) is 38.7 Å². The number of amides is 2. The SMILES string of the molecule is COc1ccc(C=NN2C(=O)c3ccc4c5c(ccc(c35)C2=O)CC4)cc1Br. The van der Waals surface area contributed by atoms with Crippen molar-refractivity contribution in [2.45, 2.75) is 12.8 Å². The van der Waals surface area contributed by atoms with E-state index >= 15 is 0 Å². The predicted octanol–water partition coefficient (Wildman–Crippen LogP) is 4.34. The summed E-state index contributed by atoms with van der Waals surface area (Å²) in [6.45, 7) is 0. The van der Waals surface area contributed by atoms with E-state index in [1.165, 1.54) is 17.3 Å². The number of rotatable bonds is 3. The Labute approximate surface area is 169 Å². The molecule has 0 radical (unpaired) electrons. The minimum atomic E-state index is -0.392. The van der Waals surface area contributed by atoms with Crippen LogP contribution in [0, 0.1) is 0 Å². The second-order valence-corrected chi connectivity index (χ2v) is 7.71. The maximum atomic E-state index is 13.0. The van der Waals surface area contributed by atoms with Crippen LogP contribution in [0.15, 0.2) is 52.0 Å². The number of benzene rings is 3. The first-order chi connectivity index (χ1) is 13.6. The van der Waals surface area contributed by atoms with Crippen LogP contribution in [0.3, 0.4) is 0 Å². The molecule has 2 amide bonds. The third-order valence-corrected chi connectivity index (χ3v) is 5.96. The molecule has 0 atom stereocenters. The number of imide groups is 1. The molecule has 3 aromatic rings. The molecule has 0 N–H and O–H groups in total. The molecule has 0 bridgehead atoms. The number of nitrogens with zero attached hydrogens (tertiary/aromatic N) is 2. The van der Waals surface area contributed by atoms with Crippen molar-refractivity contribution in [3.05, 3.63) is 74.8 Å². The van der Waals surface area contributed by atoms with Gasteiger partial charge in [0, 0.05) is 5.39 Å². The molecular weight excluding hydrogens is 420 g/mol. The van der Waals surface area contributed by atoms with Crippen LogP contribution in [0.25, 0.3) is 10.8 Å². The maximum Gasteiger partial charge on any atom is 0.282 e. The number of aryl methyl sites for hydroxylation is 2. The lowest BCUT2D eigenvalue weighted by molar-refractivity contribution is 0.0616. The van der Waals surface area contributed by atoms with Crippen LogP contribution >= 0.6 is 15.9 Å². The van der Waals surface area contributed by atoms with Crippen molar-refractivity contribution in [1.82, 2.24) is 5.01 Å². The molecule has 1 aliphatic carbocycles. The first-order valence-corrected chi connectivity index (χ1v) is 9.71. The zero-order valence-electron chi connectivity index (χ0n) is 15.0. The van der Waals surface area contributed by atoms with Gasteiger partial charge in [-0.1, -0.05) is 12.1 Å². The summed E-state index contributed by atoms with van der Waals surface area (Å²) in [6, 6.07) is 13.0. The molecule has 2 aliphatic rings. The lowest BCUT2D eigenvalue weighted by Gasteiger charge is -2.23. The Morgan fingerprint density at radius 3 is 2.18 bits per heavy atom. The zero-order chi connectivity index (χ0) is 19.4. The Bertz CT molecular complexity index is 1160. The van der Waals surface area contributed by atoms with Gasteiger partial charge in [-0.2, -0.15) is 10.1 Å². The molecule has 0 saturated heterocycles. The molecule has 0 fully saturated rings. The van der Waals surface area contributed by atoms with Gasteiger partial charge in [0.25, 0.3) is 11.8 Å². The topological polar surface area (TPSA) is 59.0 Å². The molecule has 1 heterocycles. The monoisotopic (exact) mass is 434 g/mol. The van der Waals surface area contributed by atoms with E-state index in [-0.39, 0.29) is 0 Å². The number of carbonyl (C=O) groups excluding carboxylic acids is 2. The molecule has 0 saturated carbocycles. The maximum absolute atomic E-state index is 13.0. The van der Waals surface area contributed by atoms with Gasteiger partial charge in [0.15, 0.2) is 0 Å². The second kappa shape index (κ2) is 6.27. The fraction of sp³-hybridized carbons (Fsp3) is 0.136. The van der Waals surface area contributed by atoms with Crippen molar-refractivity contribution in [2.75, 3.05) is 7.11 Å². The van der Waals surface area contributed by atoms with Crippen molar-refractivity contribution in [1.29, 1.82) is 0 Å². The van der Waals surface area contributed by atoms with Gasteiger partial charge in [-0.25, -0.2) is 0 Å². The van der Waals surface area contributed by atoms with E-state index in [4.69, 9.17) is 4.74 Å². The number of halogens is 1. The standard InChI is InChI=1S/C22H15BrN2O3/c1-28-18-9-2-12(10-17(18)23)11-24-25-21(26)15-7-5-13-3-4-14-6-8-16(22(25)27)20(15)19(13)14/h2,5-11H,3-4H2,1H3. The van der Waals surface area contributed by atoms with Gasteiger partial charge in [0.2, 0.25) is 0 Å². The van der Waals surface area contributed by atoms with Crippen molar-refractivity contribution < 1.29 is 14.3 Å². The van der Waals surface area contributed by atoms with E-state index in [1.807, 2.05) is 36.4 Å².